The molecule has 1 aromatic carbocycles. The molecule has 0 bridgehead atoms. The van der Waals surface area contributed by atoms with Gasteiger partial charge in [-0.1, -0.05) is 6.07 Å². The van der Waals surface area contributed by atoms with Gasteiger partial charge in [0.1, 0.15) is 0 Å². The lowest BCUT2D eigenvalue weighted by molar-refractivity contribution is -0.113. The Morgan fingerprint density at radius 1 is 1.37 bits per heavy atom. The zero-order chi connectivity index (χ0) is 13.7. The van der Waals surface area contributed by atoms with E-state index in [9.17, 15) is 4.79 Å². The average Bonchev–Trinajstić information content (AvgIpc) is 2.39. The van der Waals surface area contributed by atoms with E-state index in [0.717, 1.165) is 10.5 Å². The number of rotatable bonds is 4. The minimum absolute atomic E-state index is 0.156. The summed E-state index contributed by atoms with van der Waals surface area (Å²) < 4.78 is 0. The molecule has 0 fully saturated rings. The van der Waals surface area contributed by atoms with Crippen LogP contribution < -0.4 is 11.1 Å². The van der Waals surface area contributed by atoms with E-state index in [4.69, 9.17) is 5.73 Å². The molecule has 6 heteroatoms. The van der Waals surface area contributed by atoms with Gasteiger partial charge in [0, 0.05) is 23.0 Å². The van der Waals surface area contributed by atoms with Crippen LogP contribution in [-0.2, 0) is 4.79 Å². The third kappa shape index (κ3) is 3.96. The van der Waals surface area contributed by atoms with Crippen molar-refractivity contribution in [3.05, 3.63) is 42.2 Å². The summed E-state index contributed by atoms with van der Waals surface area (Å²) in [5.41, 5.74) is 7.67. The Balaban J connectivity index is 1.90. The van der Waals surface area contributed by atoms with E-state index in [2.05, 4.69) is 15.3 Å². The number of carbonyl (C=O) groups excluding carboxylic acids is 1. The first kappa shape index (κ1) is 13.4. The average molecular weight is 274 g/mol. The summed E-state index contributed by atoms with van der Waals surface area (Å²) in [6.45, 7) is 1.98. The van der Waals surface area contributed by atoms with Gasteiger partial charge in [-0.05, 0) is 30.7 Å². The topological polar surface area (TPSA) is 80.9 Å². The van der Waals surface area contributed by atoms with Crippen molar-refractivity contribution in [3.63, 3.8) is 0 Å². The highest BCUT2D eigenvalue weighted by Crippen LogP contribution is 2.25. The number of thioether (sulfide) groups is 1. The van der Waals surface area contributed by atoms with Crippen molar-refractivity contribution >= 4 is 29.3 Å². The predicted molar refractivity (Wildman–Crippen MR) is 77.0 cm³/mol. The number of aromatic nitrogens is 2. The van der Waals surface area contributed by atoms with E-state index in [0.29, 0.717) is 11.6 Å². The number of hydrogen-bond donors (Lipinski definition) is 2. The van der Waals surface area contributed by atoms with Crippen LogP contribution in [0.1, 0.15) is 5.56 Å². The molecule has 19 heavy (non-hydrogen) atoms. The molecule has 1 aromatic heterocycles. The number of hydrogen-bond acceptors (Lipinski definition) is 5. The van der Waals surface area contributed by atoms with Crippen molar-refractivity contribution in [2.75, 3.05) is 16.8 Å². The smallest absolute Gasteiger partial charge is 0.237 e. The largest absolute Gasteiger partial charge is 0.398 e. The van der Waals surface area contributed by atoms with Gasteiger partial charge in [-0.2, -0.15) is 0 Å². The van der Waals surface area contributed by atoms with E-state index in [1.54, 1.807) is 18.5 Å². The molecule has 0 aliphatic heterocycles. The number of amides is 1. The summed E-state index contributed by atoms with van der Waals surface area (Å²) in [6.07, 6.45) is 3.15. The second-order valence-corrected chi connectivity index (χ2v) is 4.97. The number of nitrogens with zero attached hydrogens (tertiary/aromatic N) is 2. The lowest BCUT2D eigenvalue weighted by atomic mass is 10.2. The quantitative estimate of drug-likeness (QED) is 0.659. The molecular formula is C13H14N4OS. The van der Waals surface area contributed by atoms with Crippen LogP contribution in [0.4, 0.5) is 11.6 Å². The first-order chi connectivity index (χ1) is 9.15. The number of carbonyl (C=O) groups is 1. The zero-order valence-electron chi connectivity index (χ0n) is 10.5. The zero-order valence-corrected chi connectivity index (χ0v) is 11.3. The van der Waals surface area contributed by atoms with E-state index < -0.39 is 0 Å². The highest BCUT2D eigenvalue weighted by Gasteiger charge is 2.06. The first-order valence-corrected chi connectivity index (χ1v) is 6.69. The summed E-state index contributed by atoms with van der Waals surface area (Å²) in [7, 11) is 0. The molecule has 0 aliphatic carbocycles. The van der Waals surface area contributed by atoms with Gasteiger partial charge in [0.05, 0.1) is 5.75 Å². The van der Waals surface area contributed by atoms with Crippen molar-refractivity contribution in [2.24, 2.45) is 0 Å². The molecule has 0 saturated heterocycles. The SMILES string of the molecule is Cc1ccc(SCC(=O)Nc2ncccn2)c(N)c1. The lowest BCUT2D eigenvalue weighted by Gasteiger charge is -2.06. The summed E-state index contributed by atoms with van der Waals surface area (Å²) in [4.78, 5) is 20.5. The van der Waals surface area contributed by atoms with Crippen LogP contribution in [0.2, 0.25) is 0 Å². The molecule has 98 valence electrons. The van der Waals surface area contributed by atoms with Crippen molar-refractivity contribution in [2.45, 2.75) is 11.8 Å². The Labute approximate surface area is 115 Å². The number of nitrogen functional groups attached to an aromatic ring is 1. The summed E-state index contributed by atoms with van der Waals surface area (Å²) in [6, 6.07) is 7.47. The Hall–Kier alpha value is -2.08. The fraction of sp³-hybridized carbons (Fsp3) is 0.154. The van der Waals surface area contributed by atoms with Gasteiger partial charge in [-0.15, -0.1) is 11.8 Å². The molecule has 0 unspecified atom stereocenters. The van der Waals surface area contributed by atoms with Crippen LogP contribution in [0.15, 0.2) is 41.6 Å². The normalized spacial score (nSPS) is 10.2. The maximum absolute atomic E-state index is 11.7. The van der Waals surface area contributed by atoms with Gasteiger partial charge in [0.15, 0.2) is 0 Å². The third-order valence-corrected chi connectivity index (χ3v) is 3.43. The summed E-state index contributed by atoms with van der Waals surface area (Å²) >= 11 is 1.39. The molecule has 0 aliphatic rings. The van der Waals surface area contributed by atoms with Crippen LogP contribution in [0, 0.1) is 6.92 Å². The molecule has 1 amide bonds. The van der Waals surface area contributed by atoms with E-state index >= 15 is 0 Å². The minimum Gasteiger partial charge on any atom is -0.398 e. The molecule has 0 radical (unpaired) electrons. The molecule has 1 heterocycles. The highest BCUT2D eigenvalue weighted by atomic mass is 32.2. The standard InChI is InChI=1S/C13H14N4OS/c1-9-3-4-11(10(14)7-9)19-8-12(18)17-13-15-5-2-6-16-13/h2-7H,8,14H2,1H3,(H,15,16,17,18). The molecule has 2 aromatic rings. The van der Waals surface area contributed by atoms with Crippen molar-refractivity contribution in [3.8, 4) is 0 Å². The highest BCUT2D eigenvalue weighted by molar-refractivity contribution is 8.00. The summed E-state index contributed by atoms with van der Waals surface area (Å²) in [5, 5.41) is 2.62. The maximum Gasteiger partial charge on any atom is 0.237 e. The first-order valence-electron chi connectivity index (χ1n) is 5.71. The predicted octanol–water partition coefficient (Wildman–Crippen LogP) is 2.10. The number of nitrogens with two attached hydrogens (primary N) is 1. The fourth-order valence-corrected chi connectivity index (χ4v) is 2.22. The van der Waals surface area contributed by atoms with Crippen LogP contribution in [0.25, 0.3) is 0 Å². The van der Waals surface area contributed by atoms with E-state index in [-0.39, 0.29) is 11.7 Å². The van der Waals surface area contributed by atoms with Gasteiger partial charge >= 0.3 is 0 Å². The van der Waals surface area contributed by atoms with Gasteiger partial charge < -0.3 is 5.73 Å². The molecule has 5 nitrogen and oxygen atoms in total. The van der Waals surface area contributed by atoms with Gasteiger partial charge in [0.2, 0.25) is 11.9 Å². The molecule has 0 atom stereocenters. The Bertz CT molecular complexity index is 574. The van der Waals surface area contributed by atoms with Crippen molar-refractivity contribution in [1.29, 1.82) is 0 Å². The van der Waals surface area contributed by atoms with Gasteiger partial charge in [0.25, 0.3) is 0 Å². The van der Waals surface area contributed by atoms with Crippen LogP contribution in [0.5, 0.6) is 0 Å². The molecule has 0 spiro atoms. The Morgan fingerprint density at radius 3 is 2.79 bits per heavy atom. The third-order valence-electron chi connectivity index (χ3n) is 2.34. The lowest BCUT2D eigenvalue weighted by Crippen LogP contribution is -2.15. The molecule has 0 saturated carbocycles. The van der Waals surface area contributed by atoms with Crippen LogP contribution in [-0.4, -0.2) is 21.6 Å². The van der Waals surface area contributed by atoms with Crippen molar-refractivity contribution < 1.29 is 4.79 Å². The molecular weight excluding hydrogens is 260 g/mol. The number of aryl methyl sites for hydroxylation is 1. The monoisotopic (exact) mass is 274 g/mol. The fourth-order valence-electron chi connectivity index (χ4n) is 1.47. The Morgan fingerprint density at radius 2 is 2.11 bits per heavy atom. The molecule has 2 rings (SSSR count). The number of anilines is 2. The minimum atomic E-state index is -0.156. The maximum atomic E-state index is 11.7. The second-order valence-electron chi connectivity index (χ2n) is 3.95. The van der Waals surface area contributed by atoms with Gasteiger partial charge in [-0.3, -0.25) is 10.1 Å². The van der Waals surface area contributed by atoms with Crippen molar-refractivity contribution in [1.82, 2.24) is 9.97 Å². The van der Waals surface area contributed by atoms with Crippen LogP contribution in [0.3, 0.4) is 0 Å². The van der Waals surface area contributed by atoms with E-state index in [1.807, 2.05) is 25.1 Å². The van der Waals surface area contributed by atoms with Gasteiger partial charge in [-0.25, -0.2) is 9.97 Å². The van der Waals surface area contributed by atoms with E-state index in [1.165, 1.54) is 11.8 Å². The number of benzene rings is 1. The second kappa shape index (κ2) is 6.19. The number of nitrogens with one attached hydrogen (secondary N) is 1. The summed E-state index contributed by atoms with van der Waals surface area (Å²) in [5.74, 6) is 0.423. The Kier molecular flexibility index (Phi) is 4.35. The molecule has 3 N–H and O–H groups in total. The van der Waals surface area contributed by atoms with Crippen LogP contribution >= 0.6 is 11.8 Å².